The van der Waals surface area contributed by atoms with Gasteiger partial charge < -0.3 is 15.4 Å². The third-order valence-electron chi connectivity index (χ3n) is 3.88. The first-order valence-electron chi connectivity index (χ1n) is 8.02. The molecule has 2 aromatic heterocycles. The Morgan fingerprint density at radius 2 is 2.08 bits per heavy atom. The largest absolute Gasteiger partial charge is 0.486 e. The van der Waals surface area contributed by atoms with E-state index in [1.54, 1.807) is 24.4 Å². The number of rotatable bonds is 7. The highest BCUT2D eigenvalue weighted by atomic mass is 35.5. The van der Waals surface area contributed by atoms with Crippen LogP contribution >= 0.6 is 23.2 Å². The van der Waals surface area contributed by atoms with Gasteiger partial charge in [0.25, 0.3) is 0 Å². The van der Waals surface area contributed by atoms with Crippen LogP contribution in [0.3, 0.4) is 0 Å². The van der Waals surface area contributed by atoms with E-state index < -0.39 is 0 Å². The fourth-order valence-corrected chi connectivity index (χ4v) is 2.54. The van der Waals surface area contributed by atoms with E-state index in [0.717, 1.165) is 18.5 Å². The summed E-state index contributed by atoms with van der Waals surface area (Å²) in [5.74, 6) is 0.942. The summed E-state index contributed by atoms with van der Waals surface area (Å²) in [4.78, 5) is 20.1. The second-order valence-corrected chi connectivity index (χ2v) is 6.65. The van der Waals surface area contributed by atoms with Crippen molar-refractivity contribution in [2.45, 2.75) is 31.9 Å². The zero-order chi connectivity index (χ0) is 17.6. The third-order valence-corrected chi connectivity index (χ3v) is 4.39. The highest BCUT2D eigenvalue weighted by Crippen LogP contribution is 2.26. The summed E-state index contributed by atoms with van der Waals surface area (Å²) in [5, 5.41) is 6.89. The molecular weight excluding hydrogens is 363 g/mol. The van der Waals surface area contributed by atoms with Crippen LogP contribution in [0.2, 0.25) is 10.0 Å². The van der Waals surface area contributed by atoms with Gasteiger partial charge in [-0.2, -0.15) is 0 Å². The second-order valence-electron chi connectivity index (χ2n) is 5.81. The topological polar surface area (TPSA) is 76.1 Å². The molecule has 0 atom stereocenters. The van der Waals surface area contributed by atoms with E-state index in [1.165, 1.54) is 12.6 Å². The first-order valence-corrected chi connectivity index (χ1v) is 8.78. The Hall–Kier alpha value is -2.05. The number of nitrogens with one attached hydrogen (secondary N) is 2. The van der Waals surface area contributed by atoms with E-state index in [1.807, 2.05) is 0 Å². The van der Waals surface area contributed by atoms with Crippen molar-refractivity contribution >= 4 is 34.9 Å². The van der Waals surface area contributed by atoms with Crippen molar-refractivity contribution in [2.24, 2.45) is 0 Å². The smallest absolute Gasteiger partial charge is 0.239 e. The quantitative estimate of drug-likeness (QED) is 0.769. The zero-order valence-electron chi connectivity index (χ0n) is 13.5. The normalized spacial score (nSPS) is 13.8. The summed E-state index contributed by atoms with van der Waals surface area (Å²) < 4.78 is 5.68. The number of pyridine rings is 2. The fourth-order valence-electron chi connectivity index (χ4n) is 2.27. The minimum Gasteiger partial charge on any atom is -0.486 e. The van der Waals surface area contributed by atoms with Gasteiger partial charge in [0.05, 0.1) is 23.5 Å². The molecule has 1 aliphatic rings. The summed E-state index contributed by atoms with van der Waals surface area (Å²) >= 11 is 11.9. The van der Waals surface area contributed by atoms with Gasteiger partial charge in [0, 0.05) is 18.3 Å². The predicted octanol–water partition coefficient (Wildman–Crippen LogP) is 3.44. The predicted molar refractivity (Wildman–Crippen MR) is 97.1 cm³/mol. The van der Waals surface area contributed by atoms with Crippen LogP contribution in [-0.2, 0) is 11.4 Å². The van der Waals surface area contributed by atoms with Gasteiger partial charge in [0.1, 0.15) is 23.2 Å². The number of hydrogen-bond donors (Lipinski definition) is 2. The van der Waals surface area contributed by atoms with Crippen LogP contribution in [0.25, 0.3) is 0 Å². The molecule has 0 spiro atoms. The second kappa shape index (κ2) is 8.36. The molecule has 2 N–H and O–H groups in total. The van der Waals surface area contributed by atoms with Crippen molar-refractivity contribution in [1.29, 1.82) is 0 Å². The summed E-state index contributed by atoms with van der Waals surface area (Å²) in [7, 11) is 0. The van der Waals surface area contributed by atoms with Crippen molar-refractivity contribution in [1.82, 2.24) is 15.3 Å². The van der Waals surface area contributed by atoms with Crippen molar-refractivity contribution < 1.29 is 9.53 Å². The lowest BCUT2D eigenvalue weighted by Gasteiger charge is -2.26. The standard InChI is InChI=1S/C17H18Cl2N4O2/c18-11-4-5-13(20-7-11)10-25-15-6-16(21-8-14(15)19)22-9-17(24)23-12-2-1-3-12/h4-8,12H,1-3,9-10H2,(H,21,22)(H,23,24). The molecule has 1 aliphatic carbocycles. The fraction of sp³-hybridized carbons (Fsp3) is 0.353. The number of halogens is 2. The number of nitrogens with zero attached hydrogens (tertiary/aromatic N) is 2. The van der Waals surface area contributed by atoms with Crippen LogP contribution in [-0.4, -0.2) is 28.5 Å². The van der Waals surface area contributed by atoms with E-state index in [-0.39, 0.29) is 19.1 Å². The van der Waals surface area contributed by atoms with E-state index in [0.29, 0.717) is 27.7 Å². The van der Waals surface area contributed by atoms with Crippen LogP contribution in [0, 0.1) is 0 Å². The Balaban J connectivity index is 1.54. The Labute approximate surface area is 155 Å². The number of anilines is 1. The Morgan fingerprint density at radius 1 is 1.24 bits per heavy atom. The maximum Gasteiger partial charge on any atom is 0.239 e. The van der Waals surface area contributed by atoms with Gasteiger partial charge >= 0.3 is 0 Å². The molecule has 3 rings (SSSR count). The first kappa shape index (κ1) is 17.8. The summed E-state index contributed by atoms with van der Waals surface area (Å²) in [6, 6.07) is 5.50. The van der Waals surface area contributed by atoms with Gasteiger partial charge in [-0.25, -0.2) is 4.98 Å². The van der Waals surface area contributed by atoms with E-state index >= 15 is 0 Å². The minimum absolute atomic E-state index is 0.0470. The lowest BCUT2D eigenvalue weighted by molar-refractivity contribution is -0.120. The summed E-state index contributed by atoms with van der Waals surface area (Å²) in [5.41, 5.74) is 0.728. The Morgan fingerprint density at radius 3 is 2.76 bits per heavy atom. The molecule has 1 amide bonds. The number of ether oxygens (including phenoxy) is 1. The molecule has 25 heavy (non-hydrogen) atoms. The monoisotopic (exact) mass is 380 g/mol. The van der Waals surface area contributed by atoms with E-state index in [9.17, 15) is 4.79 Å². The van der Waals surface area contributed by atoms with Gasteiger partial charge in [0.2, 0.25) is 5.91 Å². The number of carbonyl (C=O) groups excluding carboxylic acids is 1. The molecular formula is C17H18Cl2N4O2. The molecule has 0 radical (unpaired) electrons. The van der Waals surface area contributed by atoms with Crippen LogP contribution in [0.15, 0.2) is 30.6 Å². The third kappa shape index (κ3) is 5.21. The molecule has 0 saturated heterocycles. The zero-order valence-corrected chi connectivity index (χ0v) is 15.0. The maximum atomic E-state index is 11.8. The summed E-state index contributed by atoms with van der Waals surface area (Å²) in [6.45, 7) is 0.409. The SMILES string of the molecule is O=C(CNc1cc(OCc2ccc(Cl)cn2)c(Cl)cn1)NC1CCC1. The van der Waals surface area contributed by atoms with Gasteiger partial charge in [-0.15, -0.1) is 0 Å². The number of aromatic nitrogens is 2. The van der Waals surface area contributed by atoms with Gasteiger partial charge in [0.15, 0.2) is 0 Å². The van der Waals surface area contributed by atoms with Gasteiger partial charge in [-0.3, -0.25) is 9.78 Å². The van der Waals surface area contributed by atoms with Crippen LogP contribution in [0.5, 0.6) is 5.75 Å². The molecule has 2 heterocycles. The van der Waals surface area contributed by atoms with Crippen molar-refractivity contribution in [2.75, 3.05) is 11.9 Å². The van der Waals surface area contributed by atoms with Crippen molar-refractivity contribution in [3.8, 4) is 5.75 Å². The van der Waals surface area contributed by atoms with E-state index in [2.05, 4.69) is 20.6 Å². The molecule has 1 saturated carbocycles. The number of hydrogen-bond acceptors (Lipinski definition) is 5. The minimum atomic E-state index is -0.0470. The lowest BCUT2D eigenvalue weighted by atomic mass is 9.93. The molecule has 1 fully saturated rings. The van der Waals surface area contributed by atoms with Gasteiger partial charge in [-0.1, -0.05) is 23.2 Å². The van der Waals surface area contributed by atoms with Crippen LogP contribution < -0.4 is 15.4 Å². The highest BCUT2D eigenvalue weighted by molar-refractivity contribution is 6.32. The summed E-state index contributed by atoms with van der Waals surface area (Å²) in [6.07, 6.45) is 6.34. The molecule has 8 heteroatoms. The average molecular weight is 381 g/mol. The Kier molecular flexibility index (Phi) is 5.94. The van der Waals surface area contributed by atoms with Crippen molar-refractivity contribution in [3.05, 3.63) is 46.3 Å². The molecule has 2 aromatic rings. The first-order chi connectivity index (χ1) is 12.1. The van der Waals surface area contributed by atoms with Crippen LogP contribution in [0.4, 0.5) is 5.82 Å². The molecule has 0 unspecified atom stereocenters. The molecule has 0 bridgehead atoms. The van der Waals surface area contributed by atoms with E-state index in [4.69, 9.17) is 27.9 Å². The lowest BCUT2D eigenvalue weighted by Crippen LogP contribution is -2.42. The average Bonchev–Trinajstić information content (AvgIpc) is 2.57. The Bertz CT molecular complexity index is 736. The molecule has 0 aromatic carbocycles. The van der Waals surface area contributed by atoms with Gasteiger partial charge in [-0.05, 0) is 31.4 Å². The molecule has 6 nitrogen and oxygen atoms in total. The highest BCUT2D eigenvalue weighted by Gasteiger charge is 2.19. The molecule has 0 aliphatic heterocycles. The van der Waals surface area contributed by atoms with Crippen molar-refractivity contribution in [3.63, 3.8) is 0 Å². The number of amides is 1. The maximum absolute atomic E-state index is 11.8. The number of carbonyl (C=O) groups is 1. The molecule has 132 valence electrons. The van der Waals surface area contributed by atoms with Crippen LogP contribution in [0.1, 0.15) is 25.0 Å².